The summed E-state index contributed by atoms with van der Waals surface area (Å²) in [6.07, 6.45) is 19.4. The van der Waals surface area contributed by atoms with Crippen LogP contribution >= 0.6 is 0 Å². The molecule has 0 bridgehead atoms. The van der Waals surface area contributed by atoms with Crippen molar-refractivity contribution >= 4 is 5.97 Å². The van der Waals surface area contributed by atoms with E-state index in [9.17, 15) is 4.79 Å². The predicted molar refractivity (Wildman–Crippen MR) is 158 cm³/mol. The lowest BCUT2D eigenvalue weighted by Crippen LogP contribution is -2.51. The van der Waals surface area contributed by atoms with Crippen LogP contribution in [-0.4, -0.2) is 24.8 Å². The molecule has 9 atom stereocenters. The Bertz CT molecular complexity index is 816. The molecule has 1 unspecified atom stereocenters. The zero-order valence-corrected chi connectivity index (χ0v) is 26.0. The molecule has 0 amide bonds. The fourth-order valence-corrected chi connectivity index (χ4v) is 9.85. The number of hydrogen-bond acceptors (Lipinski definition) is 3. The number of esters is 1. The maximum atomic E-state index is 13.0. The first-order valence-electron chi connectivity index (χ1n) is 16.7. The molecular formula is C35H60O3. The molecule has 0 aromatic carbocycles. The second-order valence-corrected chi connectivity index (χ2v) is 14.7. The Kier molecular flexibility index (Phi) is 10.1. The van der Waals surface area contributed by atoms with Crippen LogP contribution in [-0.2, 0) is 14.3 Å². The van der Waals surface area contributed by atoms with Crippen LogP contribution < -0.4 is 0 Å². The van der Waals surface area contributed by atoms with Crippen LogP contribution in [0.3, 0.4) is 0 Å². The summed E-state index contributed by atoms with van der Waals surface area (Å²) in [7, 11) is 0. The van der Waals surface area contributed by atoms with Crippen LogP contribution in [0.5, 0.6) is 0 Å². The van der Waals surface area contributed by atoms with Gasteiger partial charge in [0, 0.05) is 13.0 Å². The summed E-state index contributed by atoms with van der Waals surface area (Å²) in [4.78, 5) is 13.0. The minimum Gasteiger partial charge on any atom is -0.460 e. The first kappa shape index (κ1) is 30.1. The van der Waals surface area contributed by atoms with Gasteiger partial charge in [0.15, 0.2) is 6.10 Å². The molecule has 0 saturated heterocycles. The molecule has 3 saturated carbocycles. The molecule has 3 fully saturated rings. The normalized spacial score (nSPS) is 38.1. The fourth-order valence-electron chi connectivity index (χ4n) is 9.85. The highest BCUT2D eigenvalue weighted by Gasteiger charge is 2.59. The first-order chi connectivity index (χ1) is 18.1. The van der Waals surface area contributed by atoms with Crippen LogP contribution in [0.1, 0.15) is 138 Å². The summed E-state index contributed by atoms with van der Waals surface area (Å²) >= 11 is 0. The quantitative estimate of drug-likeness (QED) is 0.187. The average molecular weight is 529 g/mol. The van der Waals surface area contributed by atoms with Gasteiger partial charge in [-0.1, -0.05) is 85.3 Å². The first-order valence-corrected chi connectivity index (χ1v) is 16.7. The number of ether oxygens (including phenoxy) is 2. The molecule has 0 N–H and O–H groups in total. The Balaban J connectivity index is 1.40. The molecule has 0 radical (unpaired) electrons. The minimum atomic E-state index is -0.392. The van der Waals surface area contributed by atoms with Crippen LogP contribution in [0.25, 0.3) is 0 Å². The zero-order valence-electron chi connectivity index (χ0n) is 26.0. The fraction of sp³-hybridized carbons (Fsp3) is 0.914. The van der Waals surface area contributed by atoms with Gasteiger partial charge < -0.3 is 9.47 Å². The van der Waals surface area contributed by atoms with Crippen molar-refractivity contribution < 1.29 is 14.3 Å². The zero-order chi connectivity index (χ0) is 27.5. The molecule has 4 rings (SSSR count). The van der Waals surface area contributed by atoms with E-state index in [1.54, 1.807) is 5.57 Å². The smallest absolute Gasteiger partial charge is 0.335 e. The van der Waals surface area contributed by atoms with E-state index in [4.69, 9.17) is 9.47 Å². The third-order valence-corrected chi connectivity index (χ3v) is 12.0. The molecule has 3 heteroatoms. The number of hydrogen-bond donors (Lipinski definition) is 0. The van der Waals surface area contributed by atoms with E-state index in [2.05, 4.69) is 47.6 Å². The van der Waals surface area contributed by atoms with E-state index >= 15 is 0 Å². The molecule has 0 aliphatic heterocycles. The molecule has 3 nitrogen and oxygen atoms in total. The number of rotatable bonds is 12. The van der Waals surface area contributed by atoms with Crippen molar-refractivity contribution in [2.45, 2.75) is 151 Å². The van der Waals surface area contributed by atoms with E-state index < -0.39 is 6.10 Å². The third-order valence-electron chi connectivity index (χ3n) is 12.0. The van der Waals surface area contributed by atoms with E-state index in [0.717, 1.165) is 67.6 Å². The predicted octanol–water partition coefficient (Wildman–Crippen LogP) is 9.53. The lowest BCUT2D eigenvalue weighted by molar-refractivity contribution is -0.165. The van der Waals surface area contributed by atoms with Crippen molar-refractivity contribution in [2.75, 3.05) is 6.61 Å². The van der Waals surface area contributed by atoms with Crippen molar-refractivity contribution in [1.29, 1.82) is 0 Å². The second kappa shape index (κ2) is 12.8. The number of allylic oxidation sites excluding steroid dienone is 1. The van der Waals surface area contributed by atoms with Gasteiger partial charge in [-0.25, -0.2) is 4.79 Å². The second-order valence-electron chi connectivity index (χ2n) is 14.7. The molecule has 0 heterocycles. The highest BCUT2D eigenvalue weighted by Crippen LogP contribution is 2.67. The van der Waals surface area contributed by atoms with Crippen molar-refractivity contribution in [1.82, 2.24) is 0 Å². The van der Waals surface area contributed by atoms with E-state index in [0.29, 0.717) is 17.4 Å². The molecule has 4 aliphatic carbocycles. The van der Waals surface area contributed by atoms with Crippen molar-refractivity contribution in [2.24, 2.45) is 46.3 Å². The summed E-state index contributed by atoms with van der Waals surface area (Å²) in [6, 6.07) is 0. The van der Waals surface area contributed by atoms with Crippen LogP contribution in [0.4, 0.5) is 0 Å². The largest absolute Gasteiger partial charge is 0.460 e. The molecule has 38 heavy (non-hydrogen) atoms. The summed E-state index contributed by atoms with van der Waals surface area (Å²) in [6.45, 7) is 17.3. The summed E-state index contributed by atoms with van der Waals surface area (Å²) in [5.74, 6) is 5.05. The van der Waals surface area contributed by atoms with Crippen LogP contribution in [0.15, 0.2) is 11.6 Å². The number of fused-ring (bicyclic) bond motifs is 5. The Morgan fingerprint density at radius 3 is 2.47 bits per heavy atom. The topological polar surface area (TPSA) is 35.5 Å². The van der Waals surface area contributed by atoms with Gasteiger partial charge >= 0.3 is 5.97 Å². The highest BCUT2D eigenvalue weighted by molar-refractivity contribution is 5.74. The average Bonchev–Trinajstić information content (AvgIpc) is 3.23. The van der Waals surface area contributed by atoms with Gasteiger partial charge in [-0.3, -0.25) is 0 Å². The molecular weight excluding hydrogens is 468 g/mol. The maximum Gasteiger partial charge on any atom is 0.335 e. The Labute approximate surface area is 235 Å². The van der Waals surface area contributed by atoms with E-state index in [1.807, 2.05) is 6.92 Å². The standard InChI is InChI=1S/C35H60O3/c1-8-10-14-32(37-9-2)33(36)38-27-19-21-34(6)26(23-27)15-16-28-30-18-17-29(25(5)13-11-12-24(3)4)35(30,7)22-20-31(28)34/h15,24-25,27-32H,8-14,16-23H2,1-7H3/t25-,27+,28+,29-,30+,31+,32?,34+,35-/m1/s1. The molecule has 218 valence electrons. The van der Waals surface area contributed by atoms with Crippen LogP contribution in [0, 0.1) is 46.3 Å². The lowest BCUT2D eigenvalue weighted by atomic mass is 9.47. The van der Waals surface area contributed by atoms with Crippen molar-refractivity contribution in [3.05, 3.63) is 11.6 Å². The molecule has 4 aliphatic rings. The van der Waals surface area contributed by atoms with Gasteiger partial charge in [0.05, 0.1) is 0 Å². The Morgan fingerprint density at radius 1 is 0.974 bits per heavy atom. The van der Waals surface area contributed by atoms with Gasteiger partial charge in [-0.15, -0.1) is 0 Å². The van der Waals surface area contributed by atoms with E-state index in [1.165, 1.54) is 57.8 Å². The molecule has 0 spiro atoms. The monoisotopic (exact) mass is 528 g/mol. The third kappa shape index (κ3) is 6.08. The van der Waals surface area contributed by atoms with Crippen LogP contribution in [0.2, 0.25) is 0 Å². The Hall–Kier alpha value is -0.830. The van der Waals surface area contributed by atoms with Crippen molar-refractivity contribution in [3.63, 3.8) is 0 Å². The molecule has 0 aromatic rings. The van der Waals surface area contributed by atoms with Gasteiger partial charge in [0.25, 0.3) is 0 Å². The van der Waals surface area contributed by atoms with Gasteiger partial charge in [-0.2, -0.15) is 0 Å². The molecule has 0 aromatic heterocycles. The summed E-state index contributed by atoms with van der Waals surface area (Å²) < 4.78 is 11.9. The van der Waals surface area contributed by atoms with Gasteiger partial charge in [0.1, 0.15) is 6.10 Å². The SMILES string of the molecule is CCCCC(OCC)C(=O)O[C@H]1CC[C@@]2(C)C(=CC[C@H]3[C@@H]4CC[C@H]([C@H](C)CCCC(C)C)[C@@]4(C)CC[C@@H]32)C1. The number of carbonyl (C=O) groups excluding carboxylic acids is 1. The van der Waals surface area contributed by atoms with Gasteiger partial charge in [0.2, 0.25) is 0 Å². The summed E-state index contributed by atoms with van der Waals surface area (Å²) in [5, 5.41) is 0. The summed E-state index contributed by atoms with van der Waals surface area (Å²) in [5.41, 5.74) is 2.44. The maximum absolute atomic E-state index is 13.0. The van der Waals surface area contributed by atoms with E-state index in [-0.39, 0.29) is 12.1 Å². The van der Waals surface area contributed by atoms with Crippen molar-refractivity contribution in [3.8, 4) is 0 Å². The minimum absolute atomic E-state index is 0.0272. The lowest BCUT2D eigenvalue weighted by Gasteiger charge is -2.58. The highest BCUT2D eigenvalue weighted by atomic mass is 16.6. The number of unbranched alkanes of at least 4 members (excludes halogenated alkanes) is 1. The number of carbonyl (C=O) groups is 1. The van der Waals surface area contributed by atoms with Gasteiger partial charge in [-0.05, 0) is 105 Å². The Morgan fingerprint density at radius 2 is 1.76 bits per heavy atom.